The molecule has 0 unspecified atom stereocenters. The van der Waals surface area contributed by atoms with Crippen LogP contribution in [0.5, 0.6) is 0 Å². The van der Waals surface area contributed by atoms with Crippen LogP contribution in [0, 0.1) is 12.7 Å². The second-order valence-corrected chi connectivity index (χ2v) is 5.74. The second-order valence-electron chi connectivity index (χ2n) is 5.30. The highest BCUT2D eigenvalue weighted by atomic mass is 35.5. The van der Waals surface area contributed by atoms with Crippen molar-refractivity contribution in [1.29, 1.82) is 0 Å². The van der Waals surface area contributed by atoms with Crippen molar-refractivity contribution >= 4 is 29.1 Å². The molecular formula is C18H16ClFN4. The molecule has 0 aliphatic carbocycles. The minimum absolute atomic E-state index is 0.329. The predicted molar refractivity (Wildman–Crippen MR) is 95.2 cm³/mol. The molecule has 0 fully saturated rings. The molecule has 0 amide bonds. The number of nitrogens with one attached hydrogen (secondary N) is 2. The molecular weight excluding hydrogens is 327 g/mol. The van der Waals surface area contributed by atoms with E-state index in [1.165, 1.54) is 6.07 Å². The third-order valence-corrected chi connectivity index (χ3v) is 3.61. The van der Waals surface area contributed by atoms with Gasteiger partial charge in [-0.15, -0.1) is 0 Å². The molecule has 0 saturated carbocycles. The van der Waals surface area contributed by atoms with Crippen LogP contribution in [0.25, 0.3) is 0 Å². The van der Waals surface area contributed by atoms with E-state index in [2.05, 4.69) is 20.6 Å². The van der Waals surface area contributed by atoms with E-state index in [1.807, 2.05) is 31.2 Å². The quantitative estimate of drug-likeness (QED) is 0.690. The minimum atomic E-state index is -0.329. The maximum Gasteiger partial charge on any atom is 0.225 e. The van der Waals surface area contributed by atoms with Crippen LogP contribution in [0.3, 0.4) is 0 Å². The van der Waals surface area contributed by atoms with Crippen molar-refractivity contribution in [2.24, 2.45) is 0 Å². The first-order valence-electron chi connectivity index (χ1n) is 7.46. The van der Waals surface area contributed by atoms with Gasteiger partial charge in [-0.1, -0.05) is 35.9 Å². The average molecular weight is 343 g/mol. The van der Waals surface area contributed by atoms with E-state index < -0.39 is 0 Å². The lowest BCUT2D eigenvalue weighted by Gasteiger charge is -2.10. The molecule has 3 aromatic rings. The van der Waals surface area contributed by atoms with Gasteiger partial charge in [0.05, 0.1) is 5.69 Å². The fourth-order valence-corrected chi connectivity index (χ4v) is 2.32. The highest BCUT2D eigenvalue weighted by Gasteiger charge is 2.05. The third-order valence-electron chi connectivity index (χ3n) is 3.35. The van der Waals surface area contributed by atoms with Gasteiger partial charge in [0.1, 0.15) is 11.6 Å². The molecule has 0 radical (unpaired) electrons. The van der Waals surface area contributed by atoms with Gasteiger partial charge in [0, 0.05) is 23.3 Å². The number of hydrogen-bond acceptors (Lipinski definition) is 4. The maximum absolute atomic E-state index is 13.7. The number of aryl methyl sites for hydroxylation is 1. The van der Waals surface area contributed by atoms with Crippen molar-refractivity contribution < 1.29 is 4.39 Å². The first kappa shape index (κ1) is 16.2. The zero-order valence-electron chi connectivity index (χ0n) is 13.1. The molecule has 0 spiro atoms. The van der Waals surface area contributed by atoms with Crippen molar-refractivity contribution in [2.45, 2.75) is 13.5 Å². The Labute approximate surface area is 144 Å². The van der Waals surface area contributed by atoms with E-state index >= 15 is 0 Å². The average Bonchev–Trinajstić information content (AvgIpc) is 2.56. The van der Waals surface area contributed by atoms with E-state index in [9.17, 15) is 4.39 Å². The number of halogens is 2. The van der Waals surface area contributed by atoms with E-state index in [0.29, 0.717) is 29.0 Å². The Morgan fingerprint density at radius 1 is 1.04 bits per heavy atom. The second kappa shape index (κ2) is 7.27. The summed E-state index contributed by atoms with van der Waals surface area (Å²) in [6.07, 6.45) is 0. The maximum atomic E-state index is 13.7. The molecule has 0 saturated heterocycles. The smallest absolute Gasteiger partial charge is 0.225 e. The molecule has 1 heterocycles. The number of aromatic nitrogens is 2. The van der Waals surface area contributed by atoms with Crippen LogP contribution in [0.2, 0.25) is 5.02 Å². The Morgan fingerprint density at radius 2 is 1.79 bits per heavy atom. The zero-order valence-corrected chi connectivity index (χ0v) is 13.8. The Hall–Kier alpha value is -2.66. The first-order chi connectivity index (χ1) is 11.6. The molecule has 2 N–H and O–H groups in total. The lowest BCUT2D eigenvalue weighted by atomic mass is 10.2. The van der Waals surface area contributed by atoms with E-state index in [1.54, 1.807) is 24.3 Å². The number of hydrogen-bond donors (Lipinski definition) is 2. The lowest BCUT2D eigenvalue weighted by Crippen LogP contribution is -2.06. The number of rotatable bonds is 5. The van der Waals surface area contributed by atoms with Crippen LogP contribution in [0.1, 0.15) is 11.3 Å². The van der Waals surface area contributed by atoms with Crippen molar-refractivity contribution in [1.82, 2.24) is 9.97 Å². The summed E-state index contributed by atoms with van der Waals surface area (Å²) in [5.74, 6) is 0.680. The van der Waals surface area contributed by atoms with E-state index in [4.69, 9.17) is 11.6 Å². The van der Waals surface area contributed by atoms with Crippen molar-refractivity contribution in [3.8, 4) is 0 Å². The molecule has 0 atom stereocenters. The summed E-state index contributed by atoms with van der Waals surface area (Å²) < 4.78 is 13.7. The molecule has 2 aromatic carbocycles. The van der Waals surface area contributed by atoms with Crippen LogP contribution in [-0.2, 0) is 6.54 Å². The molecule has 122 valence electrons. The summed E-state index contributed by atoms with van der Waals surface area (Å²) in [5.41, 5.74) is 2.22. The Bertz CT molecular complexity index is 837. The summed E-state index contributed by atoms with van der Waals surface area (Å²) in [6, 6.07) is 15.8. The van der Waals surface area contributed by atoms with Gasteiger partial charge in [-0.25, -0.2) is 9.37 Å². The molecule has 6 heteroatoms. The fourth-order valence-electron chi connectivity index (χ4n) is 2.20. The van der Waals surface area contributed by atoms with Crippen molar-refractivity contribution in [3.05, 3.63) is 76.7 Å². The summed E-state index contributed by atoms with van der Waals surface area (Å²) in [6.45, 7) is 2.43. The highest BCUT2D eigenvalue weighted by Crippen LogP contribution is 2.19. The van der Waals surface area contributed by atoms with Gasteiger partial charge in [-0.2, -0.15) is 4.98 Å². The monoisotopic (exact) mass is 342 g/mol. The predicted octanol–water partition coefficient (Wildman–Crippen LogP) is 4.93. The van der Waals surface area contributed by atoms with Gasteiger partial charge in [0.25, 0.3) is 0 Å². The Kier molecular flexibility index (Phi) is 4.91. The normalized spacial score (nSPS) is 10.5. The summed E-state index contributed by atoms with van der Waals surface area (Å²) in [7, 11) is 0. The molecule has 0 aliphatic rings. The molecule has 0 aliphatic heterocycles. The standard InChI is InChI=1S/C18H16ClFN4/c1-12-10-17(23-16-5-3-2-4-15(16)20)24-18(22-12)21-11-13-6-8-14(19)9-7-13/h2-10H,11H2,1H3,(H2,21,22,23,24). The topological polar surface area (TPSA) is 49.8 Å². The van der Waals surface area contributed by atoms with Crippen LogP contribution in [0.4, 0.5) is 21.8 Å². The van der Waals surface area contributed by atoms with Crippen molar-refractivity contribution in [3.63, 3.8) is 0 Å². The number of nitrogens with zero attached hydrogens (tertiary/aromatic N) is 2. The van der Waals surface area contributed by atoms with Gasteiger partial charge in [-0.3, -0.25) is 0 Å². The number of para-hydroxylation sites is 1. The van der Waals surface area contributed by atoms with Crippen LogP contribution < -0.4 is 10.6 Å². The van der Waals surface area contributed by atoms with Crippen molar-refractivity contribution in [2.75, 3.05) is 10.6 Å². The Morgan fingerprint density at radius 3 is 2.54 bits per heavy atom. The summed E-state index contributed by atoms with van der Waals surface area (Å²) >= 11 is 5.88. The SMILES string of the molecule is Cc1cc(Nc2ccccc2F)nc(NCc2ccc(Cl)cc2)n1. The van der Waals surface area contributed by atoms with Gasteiger partial charge < -0.3 is 10.6 Å². The summed E-state index contributed by atoms with van der Waals surface area (Å²) in [5, 5.41) is 6.83. The number of anilines is 3. The molecule has 24 heavy (non-hydrogen) atoms. The molecule has 4 nitrogen and oxygen atoms in total. The van der Waals surface area contributed by atoms with Crippen LogP contribution >= 0.6 is 11.6 Å². The van der Waals surface area contributed by atoms with Crippen LogP contribution in [0.15, 0.2) is 54.6 Å². The highest BCUT2D eigenvalue weighted by molar-refractivity contribution is 6.30. The number of benzene rings is 2. The molecule has 3 rings (SSSR count). The molecule has 1 aromatic heterocycles. The van der Waals surface area contributed by atoms with E-state index in [0.717, 1.165) is 11.3 Å². The summed E-state index contributed by atoms with van der Waals surface area (Å²) in [4.78, 5) is 8.73. The van der Waals surface area contributed by atoms with Gasteiger partial charge >= 0.3 is 0 Å². The Balaban J connectivity index is 1.74. The minimum Gasteiger partial charge on any atom is -0.350 e. The van der Waals surface area contributed by atoms with Gasteiger partial charge in [0.2, 0.25) is 5.95 Å². The first-order valence-corrected chi connectivity index (χ1v) is 7.83. The van der Waals surface area contributed by atoms with Gasteiger partial charge in [-0.05, 0) is 36.8 Å². The van der Waals surface area contributed by atoms with E-state index in [-0.39, 0.29) is 5.82 Å². The van der Waals surface area contributed by atoms with Crippen LogP contribution in [-0.4, -0.2) is 9.97 Å². The third kappa shape index (κ3) is 4.20. The largest absolute Gasteiger partial charge is 0.350 e. The fraction of sp³-hybridized carbons (Fsp3) is 0.111. The zero-order chi connectivity index (χ0) is 16.9. The molecule has 0 bridgehead atoms. The lowest BCUT2D eigenvalue weighted by molar-refractivity contribution is 0.632. The van der Waals surface area contributed by atoms with Gasteiger partial charge in [0.15, 0.2) is 0 Å².